The molecule has 1 aromatic carbocycles. The maximum absolute atomic E-state index is 12.8. The topological polar surface area (TPSA) is 20.3 Å². The molecule has 0 aromatic heterocycles. The van der Waals surface area contributed by atoms with Crippen LogP contribution in [0.1, 0.15) is 10.4 Å². The highest BCUT2D eigenvalue weighted by molar-refractivity contribution is 7.80. The largest absolute Gasteiger partial charge is 0.341 e. The van der Waals surface area contributed by atoms with Crippen molar-refractivity contribution in [3.8, 4) is 0 Å². The van der Waals surface area contributed by atoms with E-state index in [2.05, 4.69) is 12.6 Å². The number of thiol groups is 1. The van der Waals surface area contributed by atoms with Gasteiger partial charge in [-0.1, -0.05) is 6.07 Å². The second-order valence-corrected chi connectivity index (χ2v) is 3.41. The van der Waals surface area contributed by atoms with Crippen molar-refractivity contribution in [2.75, 3.05) is 19.3 Å². The molecule has 0 bridgehead atoms. The predicted molar refractivity (Wildman–Crippen MR) is 57.2 cm³/mol. The molecule has 14 heavy (non-hydrogen) atoms. The Morgan fingerprint density at radius 3 is 2.86 bits per heavy atom. The molecule has 0 saturated carbocycles. The Hall–Kier alpha value is -1.03. The summed E-state index contributed by atoms with van der Waals surface area (Å²) in [6.45, 7) is 0.554. The lowest BCUT2D eigenvalue weighted by atomic mass is 10.2. The molecular formula is C10H12FNOS. The summed E-state index contributed by atoms with van der Waals surface area (Å²) >= 11 is 4.02. The van der Waals surface area contributed by atoms with Gasteiger partial charge in [0.2, 0.25) is 0 Å². The standard InChI is InChI=1S/C10H12FNOS/c1-12(5-6-14)10(13)8-3-2-4-9(11)7-8/h2-4,7,14H,5-6H2,1H3. The van der Waals surface area contributed by atoms with Gasteiger partial charge in [0.1, 0.15) is 5.82 Å². The van der Waals surface area contributed by atoms with Crippen LogP contribution in [0.15, 0.2) is 24.3 Å². The highest BCUT2D eigenvalue weighted by atomic mass is 32.1. The third kappa shape index (κ3) is 2.73. The zero-order chi connectivity index (χ0) is 10.6. The third-order valence-electron chi connectivity index (χ3n) is 1.85. The minimum atomic E-state index is -0.393. The Morgan fingerprint density at radius 2 is 2.29 bits per heavy atom. The van der Waals surface area contributed by atoms with E-state index in [1.165, 1.54) is 23.1 Å². The van der Waals surface area contributed by atoms with Crippen molar-refractivity contribution in [2.24, 2.45) is 0 Å². The SMILES string of the molecule is CN(CCS)C(=O)c1cccc(F)c1. The minimum absolute atomic E-state index is 0.182. The molecule has 4 heteroatoms. The fourth-order valence-corrected chi connectivity index (χ4v) is 1.39. The maximum atomic E-state index is 12.8. The molecule has 0 fully saturated rings. The first kappa shape index (κ1) is 11.0. The fourth-order valence-electron chi connectivity index (χ4n) is 1.09. The van der Waals surface area contributed by atoms with Gasteiger partial charge in [0.05, 0.1) is 0 Å². The average Bonchev–Trinajstić information content (AvgIpc) is 2.17. The quantitative estimate of drug-likeness (QED) is 0.759. The van der Waals surface area contributed by atoms with Crippen LogP contribution in [-0.2, 0) is 0 Å². The summed E-state index contributed by atoms with van der Waals surface area (Å²) in [6, 6.07) is 5.67. The van der Waals surface area contributed by atoms with E-state index in [4.69, 9.17) is 0 Å². The van der Waals surface area contributed by atoms with E-state index < -0.39 is 5.82 Å². The summed E-state index contributed by atoms with van der Waals surface area (Å²) in [5.74, 6) is 0.0195. The van der Waals surface area contributed by atoms with E-state index >= 15 is 0 Å². The number of carbonyl (C=O) groups is 1. The minimum Gasteiger partial charge on any atom is -0.341 e. The molecule has 1 aromatic rings. The summed E-state index contributed by atoms with van der Waals surface area (Å²) in [5, 5.41) is 0. The van der Waals surface area contributed by atoms with Crippen molar-refractivity contribution < 1.29 is 9.18 Å². The Balaban J connectivity index is 2.78. The Kier molecular flexibility index (Phi) is 3.95. The number of nitrogens with zero attached hydrogens (tertiary/aromatic N) is 1. The average molecular weight is 213 g/mol. The van der Waals surface area contributed by atoms with E-state index in [0.29, 0.717) is 17.9 Å². The molecule has 1 amide bonds. The molecule has 0 N–H and O–H groups in total. The number of hydrogen-bond acceptors (Lipinski definition) is 2. The lowest BCUT2D eigenvalue weighted by Gasteiger charge is -2.15. The molecule has 0 atom stereocenters. The number of halogens is 1. The van der Waals surface area contributed by atoms with Crippen LogP contribution in [0.25, 0.3) is 0 Å². The first-order valence-corrected chi connectivity index (χ1v) is 4.90. The van der Waals surface area contributed by atoms with Gasteiger partial charge in [0.25, 0.3) is 5.91 Å². The van der Waals surface area contributed by atoms with Crippen LogP contribution in [0.5, 0.6) is 0 Å². The van der Waals surface area contributed by atoms with E-state index in [0.717, 1.165) is 0 Å². The summed E-state index contributed by atoms with van der Waals surface area (Å²) < 4.78 is 12.8. The fraction of sp³-hybridized carbons (Fsp3) is 0.300. The van der Waals surface area contributed by atoms with Gasteiger partial charge in [-0.05, 0) is 18.2 Å². The molecule has 0 heterocycles. The summed E-state index contributed by atoms with van der Waals surface area (Å²) in [4.78, 5) is 13.1. The molecule has 1 rings (SSSR count). The summed E-state index contributed by atoms with van der Waals surface area (Å²) in [6.07, 6.45) is 0. The molecule has 0 radical (unpaired) electrons. The number of carbonyl (C=O) groups excluding carboxylic acids is 1. The van der Waals surface area contributed by atoms with E-state index in [-0.39, 0.29) is 5.91 Å². The normalized spacial score (nSPS) is 9.93. The van der Waals surface area contributed by atoms with Gasteiger partial charge in [-0.25, -0.2) is 4.39 Å². The van der Waals surface area contributed by atoms with Crippen LogP contribution in [0, 0.1) is 5.82 Å². The van der Waals surface area contributed by atoms with Gasteiger partial charge in [0, 0.05) is 24.9 Å². The smallest absolute Gasteiger partial charge is 0.253 e. The number of rotatable bonds is 3. The van der Waals surface area contributed by atoms with Gasteiger partial charge in [-0.3, -0.25) is 4.79 Å². The van der Waals surface area contributed by atoms with Crippen molar-refractivity contribution in [3.63, 3.8) is 0 Å². The lowest BCUT2D eigenvalue weighted by molar-refractivity contribution is 0.0803. The molecule has 76 valence electrons. The zero-order valence-electron chi connectivity index (χ0n) is 7.90. The van der Waals surface area contributed by atoms with Gasteiger partial charge in [-0.15, -0.1) is 0 Å². The van der Waals surface area contributed by atoms with E-state index in [1.807, 2.05) is 0 Å². The van der Waals surface area contributed by atoms with Crippen molar-refractivity contribution in [1.29, 1.82) is 0 Å². The van der Waals surface area contributed by atoms with Crippen LogP contribution >= 0.6 is 12.6 Å². The highest BCUT2D eigenvalue weighted by Crippen LogP contribution is 2.06. The number of hydrogen-bond donors (Lipinski definition) is 1. The predicted octanol–water partition coefficient (Wildman–Crippen LogP) is 1.83. The number of amides is 1. The van der Waals surface area contributed by atoms with Crippen LogP contribution in [0.2, 0.25) is 0 Å². The van der Waals surface area contributed by atoms with Crippen LogP contribution < -0.4 is 0 Å². The molecular weight excluding hydrogens is 201 g/mol. The van der Waals surface area contributed by atoms with Gasteiger partial charge in [0.15, 0.2) is 0 Å². The Morgan fingerprint density at radius 1 is 1.57 bits per heavy atom. The van der Waals surface area contributed by atoms with Crippen molar-refractivity contribution >= 4 is 18.5 Å². The first-order chi connectivity index (χ1) is 6.65. The third-order valence-corrected chi connectivity index (χ3v) is 2.05. The van der Waals surface area contributed by atoms with E-state index in [9.17, 15) is 9.18 Å². The van der Waals surface area contributed by atoms with Gasteiger partial charge < -0.3 is 4.90 Å². The van der Waals surface area contributed by atoms with Crippen LogP contribution in [0.4, 0.5) is 4.39 Å². The molecule has 0 aliphatic rings. The Bertz CT molecular complexity index is 330. The molecule has 0 aliphatic heterocycles. The zero-order valence-corrected chi connectivity index (χ0v) is 8.80. The second-order valence-electron chi connectivity index (χ2n) is 2.96. The molecule has 0 saturated heterocycles. The van der Waals surface area contributed by atoms with Crippen molar-refractivity contribution in [3.05, 3.63) is 35.6 Å². The Labute approximate surface area is 88.1 Å². The van der Waals surface area contributed by atoms with Crippen molar-refractivity contribution in [1.82, 2.24) is 4.90 Å². The maximum Gasteiger partial charge on any atom is 0.253 e. The number of benzene rings is 1. The molecule has 0 unspecified atom stereocenters. The van der Waals surface area contributed by atoms with E-state index in [1.54, 1.807) is 13.1 Å². The van der Waals surface area contributed by atoms with Crippen molar-refractivity contribution in [2.45, 2.75) is 0 Å². The van der Waals surface area contributed by atoms with Gasteiger partial charge >= 0.3 is 0 Å². The van der Waals surface area contributed by atoms with Crippen LogP contribution in [-0.4, -0.2) is 30.2 Å². The lowest BCUT2D eigenvalue weighted by Crippen LogP contribution is -2.28. The first-order valence-electron chi connectivity index (χ1n) is 4.27. The summed E-state index contributed by atoms with van der Waals surface area (Å²) in [5.41, 5.74) is 0.370. The highest BCUT2D eigenvalue weighted by Gasteiger charge is 2.10. The molecule has 2 nitrogen and oxygen atoms in total. The molecule has 0 aliphatic carbocycles. The van der Waals surface area contributed by atoms with Gasteiger partial charge in [-0.2, -0.15) is 12.6 Å². The van der Waals surface area contributed by atoms with Crippen LogP contribution in [0.3, 0.4) is 0 Å². The monoisotopic (exact) mass is 213 g/mol. The molecule has 0 spiro atoms. The summed E-state index contributed by atoms with van der Waals surface area (Å²) in [7, 11) is 1.67. The second kappa shape index (κ2) is 5.00.